The largest absolute Gasteiger partial charge is 0.480 e. The molecule has 0 aliphatic heterocycles. The fraction of sp³-hybridized carbons (Fsp3) is 0.417. The van der Waals surface area contributed by atoms with Gasteiger partial charge in [0.05, 0.1) is 11.9 Å². The first-order chi connectivity index (χ1) is 16.4. The fourth-order valence-corrected chi connectivity index (χ4v) is 2.71. The normalized spacial score (nSPS) is 11.9. The van der Waals surface area contributed by atoms with Gasteiger partial charge in [0.2, 0.25) is 5.95 Å². The lowest BCUT2D eigenvalue weighted by atomic mass is 10.0. The maximum absolute atomic E-state index is 12.0. The third-order valence-electron chi connectivity index (χ3n) is 4.25. The topological polar surface area (TPSA) is 174 Å². The zero-order chi connectivity index (χ0) is 25.9. The molecule has 0 fully saturated rings. The monoisotopic (exact) mass is 475 g/mol. The van der Waals surface area contributed by atoms with Gasteiger partial charge in [-0.05, 0) is 38.3 Å². The summed E-state index contributed by atoms with van der Waals surface area (Å²) in [6.45, 7) is 6.29. The third kappa shape index (κ3) is 11.4. The van der Waals surface area contributed by atoms with Crippen LogP contribution in [0, 0.1) is 0 Å². The van der Waals surface area contributed by atoms with Crippen LogP contribution in [0.3, 0.4) is 0 Å². The van der Waals surface area contributed by atoms with Gasteiger partial charge in [0, 0.05) is 18.4 Å². The molecule has 2 aromatic rings. The molecule has 10 nitrogen and oxygen atoms in total. The highest BCUT2D eigenvalue weighted by molar-refractivity contribution is 5.79. The van der Waals surface area contributed by atoms with Crippen LogP contribution in [-0.4, -0.2) is 57.6 Å². The van der Waals surface area contributed by atoms with Gasteiger partial charge in [-0.2, -0.15) is 4.98 Å². The SMILES string of the molecule is CC.CCCO.CNCC(=O)O.Nc1nc2[nH]cc(CCC3=CC=C(C=O)C=CC3)c2c(=O)[nH]1. The molecule has 0 amide bonds. The fourth-order valence-electron chi connectivity index (χ4n) is 2.71. The van der Waals surface area contributed by atoms with E-state index in [0.29, 0.717) is 23.2 Å². The number of likely N-dealkylation sites (N-methyl/N-ethyl adjacent to an activating group) is 1. The zero-order valence-electron chi connectivity index (χ0n) is 20.4. The third-order valence-corrected chi connectivity index (χ3v) is 4.25. The predicted octanol–water partition coefficient (Wildman–Crippen LogP) is 2.48. The molecule has 0 atom stereocenters. The number of aliphatic carboxylic acids is 1. The van der Waals surface area contributed by atoms with E-state index >= 15 is 0 Å². The summed E-state index contributed by atoms with van der Waals surface area (Å²) in [4.78, 5) is 41.9. The van der Waals surface area contributed by atoms with Crippen LogP contribution in [0.2, 0.25) is 0 Å². The van der Waals surface area contributed by atoms with Gasteiger partial charge in [-0.3, -0.25) is 19.4 Å². The smallest absolute Gasteiger partial charge is 0.317 e. The second-order valence-electron chi connectivity index (χ2n) is 6.85. The molecule has 3 rings (SSSR count). The highest BCUT2D eigenvalue weighted by atomic mass is 16.4. The van der Waals surface area contributed by atoms with Crippen molar-refractivity contribution in [3.05, 3.63) is 57.6 Å². The highest BCUT2D eigenvalue weighted by Crippen LogP contribution is 2.20. The number of allylic oxidation sites excluding steroid dienone is 6. The lowest BCUT2D eigenvalue weighted by molar-refractivity contribution is -0.135. The Balaban J connectivity index is 0.000000762. The molecule has 0 unspecified atom stereocenters. The number of nitrogens with zero attached hydrogens (tertiary/aromatic N) is 1. The lowest BCUT2D eigenvalue weighted by Gasteiger charge is -2.03. The van der Waals surface area contributed by atoms with Crippen molar-refractivity contribution in [2.75, 3.05) is 25.9 Å². The number of aliphatic hydroxyl groups excluding tert-OH is 1. The second-order valence-corrected chi connectivity index (χ2v) is 6.85. The number of hydrogen-bond donors (Lipinski definition) is 6. The maximum atomic E-state index is 12.0. The minimum Gasteiger partial charge on any atom is -0.480 e. The quantitative estimate of drug-likeness (QED) is 0.331. The van der Waals surface area contributed by atoms with Crippen LogP contribution >= 0.6 is 0 Å². The average Bonchev–Trinajstić information content (AvgIpc) is 3.09. The number of aldehydes is 1. The number of nitrogens with one attached hydrogen (secondary N) is 3. The molecule has 0 saturated heterocycles. The van der Waals surface area contributed by atoms with Crippen molar-refractivity contribution in [2.24, 2.45) is 0 Å². The van der Waals surface area contributed by atoms with E-state index in [0.717, 1.165) is 37.5 Å². The molecule has 2 heterocycles. The molecule has 188 valence electrons. The van der Waals surface area contributed by atoms with E-state index < -0.39 is 5.97 Å². The molecule has 0 radical (unpaired) electrons. The first kappa shape index (κ1) is 30.5. The van der Waals surface area contributed by atoms with Crippen LogP contribution in [0.5, 0.6) is 0 Å². The molecule has 1 aliphatic rings. The van der Waals surface area contributed by atoms with Gasteiger partial charge in [0.25, 0.3) is 5.56 Å². The van der Waals surface area contributed by atoms with Crippen molar-refractivity contribution in [3.8, 4) is 0 Å². The van der Waals surface area contributed by atoms with Gasteiger partial charge in [0.15, 0.2) is 0 Å². The number of anilines is 1. The van der Waals surface area contributed by atoms with Gasteiger partial charge in [-0.15, -0.1) is 0 Å². The van der Waals surface area contributed by atoms with Gasteiger partial charge < -0.3 is 26.2 Å². The van der Waals surface area contributed by atoms with Crippen molar-refractivity contribution in [2.45, 2.75) is 46.5 Å². The Morgan fingerprint density at radius 2 is 1.97 bits per heavy atom. The van der Waals surface area contributed by atoms with Gasteiger partial charge >= 0.3 is 5.97 Å². The molecule has 0 bridgehead atoms. The van der Waals surface area contributed by atoms with Crippen LogP contribution in [0.4, 0.5) is 5.95 Å². The number of hydrogen-bond acceptors (Lipinski definition) is 7. The summed E-state index contributed by atoms with van der Waals surface area (Å²) in [5, 5.41) is 18.8. The Morgan fingerprint density at radius 3 is 2.50 bits per heavy atom. The Hall–Kier alpha value is -3.50. The van der Waals surface area contributed by atoms with Crippen LogP contribution in [0.15, 0.2) is 46.4 Å². The highest BCUT2D eigenvalue weighted by Gasteiger charge is 2.10. The Kier molecular flexibility index (Phi) is 16.1. The summed E-state index contributed by atoms with van der Waals surface area (Å²) in [6, 6.07) is 0. The van der Waals surface area contributed by atoms with Crippen LogP contribution in [-0.2, 0) is 16.0 Å². The van der Waals surface area contributed by atoms with E-state index in [1.54, 1.807) is 13.2 Å². The number of carboxylic acid groups (broad SMARTS) is 1. The number of nitrogens with two attached hydrogens (primary N) is 1. The number of H-pyrrole nitrogens is 2. The number of carbonyl (C=O) groups excluding carboxylic acids is 1. The lowest BCUT2D eigenvalue weighted by Crippen LogP contribution is -2.16. The molecule has 7 N–H and O–H groups in total. The molecule has 0 spiro atoms. The van der Waals surface area contributed by atoms with Crippen LogP contribution < -0.4 is 16.6 Å². The predicted molar refractivity (Wildman–Crippen MR) is 136 cm³/mol. The number of carboxylic acids is 1. The van der Waals surface area contributed by atoms with Crippen LogP contribution in [0.1, 0.15) is 45.6 Å². The summed E-state index contributed by atoms with van der Waals surface area (Å²) in [5.41, 5.74) is 8.60. The molecule has 34 heavy (non-hydrogen) atoms. The first-order valence-corrected chi connectivity index (χ1v) is 11.2. The van der Waals surface area contributed by atoms with E-state index in [-0.39, 0.29) is 18.1 Å². The number of aromatic nitrogens is 3. The number of nitrogen functional groups attached to an aromatic ring is 1. The molecular formula is C24H37N5O5. The van der Waals surface area contributed by atoms with Crippen molar-refractivity contribution in [3.63, 3.8) is 0 Å². The van der Waals surface area contributed by atoms with E-state index in [4.69, 9.17) is 15.9 Å². The van der Waals surface area contributed by atoms with E-state index in [9.17, 15) is 14.4 Å². The Labute approximate surface area is 199 Å². The summed E-state index contributed by atoms with van der Waals surface area (Å²) < 4.78 is 0. The van der Waals surface area contributed by atoms with E-state index in [1.165, 1.54) is 5.57 Å². The van der Waals surface area contributed by atoms with Crippen molar-refractivity contribution < 1.29 is 19.8 Å². The summed E-state index contributed by atoms with van der Waals surface area (Å²) >= 11 is 0. The molecule has 10 heteroatoms. The number of fused-ring (bicyclic) bond motifs is 1. The Bertz CT molecular complexity index is 1030. The van der Waals surface area contributed by atoms with Crippen molar-refractivity contribution >= 4 is 29.2 Å². The van der Waals surface area contributed by atoms with Crippen LogP contribution in [0.25, 0.3) is 11.0 Å². The van der Waals surface area contributed by atoms with E-state index in [2.05, 4.69) is 20.3 Å². The molecule has 1 aliphatic carbocycles. The molecule has 2 aromatic heterocycles. The van der Waals surface area contributed by atoms with Gasteiger partial charge in [-0.1, -0.05) is 50.6 Å². The summed E-state index contributed by atoms with van der Waals surface area (Å²) in [7, 11) is 1.59. The number of aromatic amines is 2. The van der Waals surface area contributed by atoms with Crippen molar-refractivity contribution in [1.82, 2.24) is 20.3 Å². The minimum atomic E-state index is -0.822. The molecular weight excluding hydrogens is 438 g/mol. The zero-order valence-corrected chi connectivity index (χ0v) is 20.4. The van der Waals surface area contributed by atoms with E-state index in [1.807, 2.05) is 45.1 Å². The molecule has 0 saturated carbocycles. The summed E-state index contributed by atoms with van der Waals surface area (Å²) in [5.74, 6) is -0.716. The average molecular weight is 476 g/mol. The number of carbonyl (C=O) groups is 2. The number of rotatable bonds is 7. The summed E-state index contributed by atoms with van der Waals surface area (Å²) in [6.07, 6.45) is 13.4. The number of aryl methyl sites for hydroxylation is 1. The molecule has 0 aromatic carbocycles. The second kappa shape index (κ2) is 18.0. The van der Waals surface area contributed by atoms with Gasteiger partial charge in [-0.25, -0.2) is 0 Å². The number of aliphatic hydroxyl groups is 1. The first-order valence-electron chi connectivity index (χ1n) is 11.2. The van der Waals surface area contributed by atoms with Gasteiger partial charge in [0.1, 0.15) is 11.9 Å². The van der Waals surface area contributed by atoms with Crippen molar-refractivity contribution in [1.29, 1.82) is 0 Å². The Morgan fingerprint density at radius 1 is 1.29 bits per heavy atom. The standard InChI is InChI=1S/C16H16N4O2.C3H7NO2.C3H8O.C2H6/c17-16-19-14-13(15(22)20-16)12(8-18-14)7-6-10-2-1-3-11(9-21)5-4-10;1-4-2-3(5)6;1-2-3-4;1-2/h1,3-5,8-9H,2,6-7H2,(H4,17,18,19,20,22);4H,2H2,1H3,(H,5,6);4H,2-3H2,1H3;1-2H3. The minimum absolute atomic E-state index is 0.0417. The maximum Gasteiger partial charge on any atom is 0.317 e.